The van der Waals surface area contributed by atoms with Gasteiger partial charge in [0.1, 0.15) is 5.75 Å². The number of rotatable bonds is 4. The highest BCUT2D eigenvalue weighted by Crippen LogP contribution is 2.24. The van der Waals surface area contributed by atoms with Crippen LogP contribution in [-0.2, 0) is 9.84 Å². The van der Waals surface area contributed by atoms with Crippen LogP contribution >= 0.6 is 22.9 Å². The van der Waals surface area contributed by atoms with Gasteiger partial charge in [0.05, 0.1) is 14.1 Å². The van der Waals surface area contributed by atoms with E-state index in [-0.39, 0.29) is 4.90 Å². The molecule has 0 bridgehead atoms. The molecule has 0 saturated heterocycles. The molecule has 0 unspecified atom stereocenters. The van der Waals surface area contributed by atoms with Crippen LogP contribution in [0.1, 0.15) is 9.67 Å². The van der Waals surface area contributed by atoms with Crippen molar-refractivity contribution in [1.29, 1.82) is 0 Å². The molecule has 1 heterocycles. The third-order valence-corrected chi connectivity index (χ3v) is 6.14. The summed E-state index contributed by atoms with van der Waals surface area (Å²) in [6.07, 6.45) is 0. The molecule has 0 saturated carbocycles. The summed E-state index contributed by atoms with van der Waals surface area (Å²) >= 11 is 6.86. The minimum Gasteiger partial charge on any atom is -0.292 e. The van der Waals surface area contributed by atoms with Gasteiger partial charge in [0.15, 0.2) is 15.6 Å². The van der Waals surface area contributed by atoms with Crippen molar-refractivity contribution in [2.24, 2.45) is 0 Å². The van der Waals surface area contributed by atoms with Crippen molar-refractivity contribution in [3.05, 3.63) is 63.8 Å². The average molecular weight is 351 g/mol. The van der Waals surface area contributed by atoms with Crippen LogP contribution in [-0.4, -0.2) is 20.0 Å². The number of carbonyl (C=O) groups is 1. The van der Waals surface area contributed by atoms with Crippen LogP contribution in [0.3, 0.4) is 0 Å². The van der Waals surface area contributed by atoms with Gasteiger partial charge in [-0.2, -0.15) is 0 Å². The molecule has 0 aliphatic carbocycles. The van der Waals surface area contributed by atoms with Crippen LogP contribution < -0.4 is 0 Å². The number of carbonyl (C=O) groups excluding carboxylic acids is 1. The number of halogens is 1. The van der Waals surface area contributed by atoms with Gasteiger partial charge in [-0.05, 0) is 35.0 Å². The van der Waals surface area contributed by atoms with Crippen molar-refractivity contribution in [3.63, 3.8) is 0 Å². The first-order chi connectivity index (χ1) is 10.5. The molecule has 0 N–H and O–H groups in total. The Bertz CT molecular complexity index is 958. The van der Waals surface area contributed by atoms with Gasteiger partial charge in [-0.25, -0.2) is 8.42 Å². The summed E-state index contributed by atoms with van der Waals surface area (Å²) in [7, 11) is -3.68. The molecule has 0 radical (unpaired) electrons. The number of benzene rings is 2. The predicted molar refractivity (Wildman–Crippen MR) is 89.7 cm³/mol. The van der Waals surface area contributed by atoms with Crippen LogP contribution in [0.5, 0.6) is 0 Å². The Kier molecular flexibility index (Phi) is 4.04. The second-order valence-corrected chi connectivity index (χ2v) is 8.50. The Balaban J connectivity index is 1.92. The van der Waals surface area contributed by atoms with Gasteiger partial charge in [-0.15, -0.1) is 11.3 Å². The SMILES string of the molecule is O=C(CS(=O)(=O)c1ccc2ccccc2c1)c1ccc(Cl)s1. The average Bonchev–Trinajstić information content (AvgIpc) is 2.93. The first-order valence-electron chi connectivity index (χ1n) is 6.46. The highest BCUT2D eigenvalue weighted by molar-refractivity contribution is 7.92. The Labute approximate surface area is 137 Å². The summed E-state index contributed by atoms with van der Waals surface area (Å²) in [6.45, 7) is 0. The quantitative estimate of drug-likeness (QED) is 0.662. The molecule has 22 heavy (non-hydrogen) atoms. The highest BCUT2D eigenvalue weighted by atomic mass is 35.5. The number of ketones is 1. The molecule has 0 atom stereocenters. The van der Waals surface area contributed by atoms with E-state index in [1.807, 2.05) is 24.3 Å². The fourth-order valence-electron chi connectivity index (χ4n) is 2.15. The van der Waals surface area contributed by atoms with Gasteiger partial charge < -0.3 is 0 Å². The van der Waals surface area contributed by atoms with Crippen LogP contribution in [0, 0.1) is 0 Å². The zero-order valence-electron chi connectivity index (χ0n) is 11.3. The van der Waals surface area contributed by atoms with Gasteiger partial charge in [0.25, 0.3) is 0 Å². The molecule has 3 rings (SSSR count). The maximum Gasteiger partial charge on any atom is 0.188 e. The molecule has 112 valence electrons. The summed E-state index contributed by atoms with van der Waals surface area (Å²) in [5.74, 6) is -0.993. The van der Waals surface area contributed by atoms with E-state index in [4.69, 9.17) is 11.6 Å². The summed E-state index contributed by atoms with van der Waals surface area (Å²) < 4.78 is 25.3. The lowest BCUT2D eigenvalue weighted by Crippen LogP contribution is -2.15. The Hall–Kier alpha value is -1.69. The third-order valence-electron chi connectivity index (χ3n) is 3.25. The van der Waals surface area contributed by atoms with E-state index in [1.165, 1.54) is 6.07 Å². The fourth-order valence-corrected chi connectivity index (χ4v) is 4.47. The maximum atomic E-state index is 12.4. The molecule has 3 aromatic rings. The zero-order chi connectivity index (χ0) is 15.7. The number of sulfone groups is 1. The largest absolute Gasteiger partial charge is 0.292 e. The number of hydrogen-bond donors (Lipinski definition) is 0. The van der Waals surface area contributed by atoms with E-state index < -0.39 is 21.4 Å². The summed E-state index contributed by atoms with van der Waals surface area (Å²) in [4.78, 5) is 12.6. The Morgan fingerprint density at radius 2 is 1.73 bits per heavy atom. The van der Waals surface area contributed by atoms with Gasteiger partial charge in [-0.1, -0.05) is 41.9 Å². The van der Waals surface area contributed by atoms with E-state index in [1.54, 1.807) is 24.3 Å². The second-order valence-electron chi connectivity index (χ2n) is 4.79. The van der Waals surface area contributed by atoms with Crippen LogP contribution in [0.4, 0.5) is 0 Å². The van der Waals surface area contributed by atoms with E-state index in [2.05, 4.69) is 0 Å². The number of hydrogen-bond acceptors (Lipinski definition) is 4. The van der Waals surface area contributed by atoms with Crippen molar-refractivity contribution < 1.29 is 13.2 Å². The predicted octanol–water partition coefficient (Wildman–Crippen LogP) is 4.21. The fraction of sp³-hybridized carbons (Fsp3) is 0.0625. The number of thiophene rings is 1. The van der Waals surface area contributed by atoms with Crippen molar-refractivity contribution >= 4 is 49.3 Å². The number of Topliss-reactive ketones (excluding diaryl/α,β-unsaturated/α-hetero) is 1. The lowest BCUT2D eigenvalue weighted by Gasteiger charge is -2.05. The lowest BCUT2D eigenvalue weighted by atomic mass is 10.1. The molecular weight excluding hydrogens is 340 g/mol. The lowest BCUT2D eigenvalue weighted by molar-refractivity contribution is 0.102. The normalized spacial score (nSPS) is 11.7. The van der Waals surface area contributed by atoms with Gasteiger partial charge >= 0.3 is 0 Å². The first-order valence-corrected chi connectivity index (χ1v) is 9.30. The van der Waals surface area contributed by atoms with E-state index >= 15 is 0 Å². The minimum absolute atomic E-state index is 0.155. The monoisotopic (exact) mass is 350 g/mol. The zero-order valence-corrected chi connectivity index (χ0v) is 13.7. The topological polar surface area (TPSA) is 51.2 Å². The van der Waals surface area contributed by atoms with Crippen molar-refractivity contribution in [2.45, 2.75) is 4.90 Å². The number of fused-ring (bicyclic) bond motifs is 1. The molecule has 0 fully saturated rings. The van der Waals surface area contributed by atoms with Crippen molar-refractivity contribution in [3.8, 4) is 0 Å². The van der Waals surface area contributed by atoms with Crippen LogP contribution in [0.15, 0.2) is 59.5 Å². The van der Waals surface area contributed by atoms with Crippen molar-refractivity contribution in [1.82, 2.24) is 0 Å². The third kappa shape index (κ3) is 3.06. The van der Waals surface area contributed by atoms with Crippen LogP contribution in [0.2, 0.25) is 4.34 Å². The van der Waals surface area contributed by atoms with Gasteiger partial charge in [-0.3, -0.25) is 4.79 Å². The minimum atomic E-state index is -3.68. The molecule has 0 aliphatic rings. The Morgan fingerprint density at radius 1 is 1.00 bits per heavy atom. The Morgan fingerprint density at radius 3 is 2.41 bits per heavy atom. The molecule has 0 spiro atoms. The highest BCUT2D eigenvalue weighted by Gasteiger charge is 2.21. The first kappa shape index (κ1) is 15.2. The molecule has 0 aliphatic heterocycles. The van der Waals surface area contributed by atoms with Crippen LogP contribution in [0.25, 0.3) is 10.8 Å². The van der Waals surface area contributed by atoms with Crippen molar-refractivity contribution in [2.75, 3.05) is 5.75 Å². The summed E-state index contributed by atoms with van der Waals surface area (Å²) in [5, 5.41) is 1.79. The van der Waals surface area contributed by atoms with E-state index in [9.17, 15) is 13.2 Å². The molecular formula is C16H11ClO3S2. The van der Waals surface area contributed by atoms with Gasteiger partial charge in [0.2, 0.25) is 0 Å². The molecule has 3 nitrogen and oxygen atoms in total. The smallest absolute Gasteiger partial charge is 0.188 e. The summed E-state index contributed by atoms with van der Waals surface area (Å²) in [5.41, 5.74) is 0. The molecule has 0 amide bonds. The van der Waals surface area contributed by atoms with Gasteiger partial charge in [0, 0.05) is 0 Å². The summed E-state index contributed by atoms with van der Waals surface area (Å²) in [6, 6.07) is 15.5. The standard InChI is InChI=1S/C16H11ClO3S2/c17-16-8-7-15(21-16)14(18)10-22(19,20)13-6-5-11-3-1-2-4-12(11)9-13/h1-9H,10H2. The second kappa shape index (κ2) is 5.83. The van der Waals surface area contributed by atoms with E-state index in [0.29, 0.717) is 9.21 Å². The maximum absolute atomic E-state index is 12.4. The van der Waals surface area contributed by atoms with E-state index in [0.717, 1.165) is 22.1 Å². The molecule has 2 aromatic carbocycles. The molecule has 6 heteroatoms. The molecule has 1 aromatic heterocycles.